The standard InChI is InChI=1S/C10H13NO2S/c1-3-13-9-5-4-8(6-7(9)2)11-10(12)14/h4-6H,3H2,1-2H3,(H2,11,12,14). The third-order valence-corrected chi connectivity index (χ3v) is 1.84. The maximum Gasteiger partial charge on any atom is 0.280 e. The highest BCUT2D eigenvalue weighted by atomic mass is 32.1. The Hall–Kier alpha value is -1.16. The summed E-state index contributed by atoms with van der Waals surface area (Å²) in [6.07, 6.45) is 0. The van der Waals surface area contributed by atoms with Crippen LogP contribution in [0.1, 0.15) is 12.5 Å². The molecule has 1 amide bonds. The Kier molecular flexibility index (Phi) is 3.83. The number of thiol groups is 1. The van der Waals surface area contributed by atoms with Gasteiger partial charge in [0.25, 0.3) is 5.24 Å². The molecule has 0 spiro atoms. The molecule has 1 rings (SSSR count). The molecular weight excluding hydrogens is 198 g/mol. The van der Waals surface area contributed by atoms with Gasteiger partial charge in [-0.3, -0.25) is 4.79 Å². The molecule has 14 heavy (non-hydrogen) atoms. The van der Waals surface area contributed by atoms with Gasteiger partial charge >= 0.3 is 0 Å². The van der Waals surface area contributed by atoms with Crippen LogP contribution in [0, 0.1) is 6.92 Å². The van der Waals surface area contributed by atoms with E-state index in [1.165, 1.54) is 0 Å². The molecule has 0 aliphatic rings. The van der Waals surface area contributed by atoms with Gasteiger partial charge in [0.2, 0.25) is 0 Å². The molecule has 1 aromatic rings. The highest BCUT2D eigenvalue weighted by Crippen LogP contribution is 2.21. The molecule has 1 aromatic carbocycles. The first-order chi connectivity index (χ1) is 6.63. The van der Waals surface area contributed by atoms with E-state index in [9.17, 15) is 4.79 Å². The highest BCUT2D eigenvalue weighted by molar-refractivity contribution is 7.96. The summed E-state index contributed by atoms with van der Waals surface area (Å²) in [7, 11) is 0. The molecule has 0 radical (unpaired) electrons. The lowest BCUT2D eigenvalue weighted by atomic mass is 10.2. The van der Waals surface area contributed by atoms with E-state index in [-0.39, 0.29) is 5.24 Å². The van der Waals surface area contributed by atoms with E-state index >= 15 is 0 Å². The SMILES string of the molecule is CCOc1ccc(NC(=O)S)cc1C. The topological polar surface area (TPSA) is 38.3 Å². The van der Waals surface area contributed by atoms with Crippen molar-refractivity contribution in [1.82, 2.24) is 0 Å². The van der Waals surface area contributed by atoms with Gasteiger partial charge in [0, 0.05) is 5.69 Å². The molecule has 0 atom stereocenters. The van der Waals surface area contributed by atoms with E-state index in [2.05, 4.69) is 17.9 Å². The van der Waals surface area contributed by atoms with E-state index in [1.54, 1.807) is 6.07 Å². The van der Waals surface area contributed by atoms with Gasteiger partial charge in [-0.2, -0.15) is 0 Å². The van der Waals surface area contributed by atoms with Crippen molar-refractivity contribution in [2.75, 3.05) is 11.9 Å². The van der Waals surface area contributed by atoms with Crippen molar-refractivity contribution in [3.05, 3.63) is 23.8 Å². The van der Waals surface area contributed by atoms with Gasteiger partial charge in [-0.1, -0.05) is 12.6 Å². The lowest BCUT2D eigenvalue weighted by Gasteiger charge is -2.08. The molecule has 0 aromatic heterocycles. The van der Waals surface area contributed by atoms with Gasteiger partial charge in [-0.05, 0) is 37.6 Å². The van der Waals surface area contributed by atoms with Gasteiger partial charge in [0.05, 0.1) is 6.61 Å². The fourth-order valence-electron chi connectivity index (χ4n) is 1.17. The van der Waals surface area contributed by atoms with E-state index in [1.807, 2.05) is 26.0 Å². The number of hydrogen-bond acceptors (Lipinski definition) is 2. The fourth-order valence-corrected chi connectivity index (χ4v) is 1.30. The van der Waals surface area contributed by atoms with Crippen LogP contribution in [0.15, 0.2) is 18.2 Å². The largest absolute Gasteiger partial charge is 0.494 e. The molecule has 0 aliphatic heterocycles. The van der Waals surface area contributed by atoms with Crippen molar-refractivity contribution in [3.8, 4) is 5.75 Å². The monoisotopic (exact) mass is 211 g/mol. The molecule has 0 saturated heterocycles. The summed E-state index contributed by atoms with van der Waals surface area (Å²) < 4.78 is 5.36. The number of ether oxygens (including phenoxy) is 1. The zero-order valence-electron chi connectivity index (χ0n) is 8.20. The zero-order valence-corrected chi connectivity index (χ0v) is 9.10. The first-order valence-corrected chi connectivity index (χ1v) is 4.81. The first kappa shape index (κ1) is 10.9. The number of rotatable bonds is 3. The Bertz CT molecular complexity index is 339. The van der Waals surface area contributed by atoms with Crippen molar-refractivity contribution in [1.29, 1.82) is 0 Å². The summed E-state index contributed by atoms with van der Waals surface area (Å²) in [6.45, 7) is 4.50. The number of benzene rings is 1. The van der Waals surface area contributed by atoms with Crippen LogP contribution in [-0.4, -0.2) is 11.8 Å². The summed E-state index contributed by atoms with van der Waals surface area (Å²) in [4.78, 5) is 10.7. The molecule has 3 nitrogen and oxygen atoms in total. The average Bonchev–Trinajstić information content (AvgIpc) is 2.09. The minimum atomic E-state index is -0.367. The number of nitrogens with one attached hydrogen (secondary N) is 1. The highest BCUT2D eigenvalue weighted by Gasteiger charge is 2.01. The predicted octanol–water partition coefficient (Wildman–Crippen LogP) is 2.86. The normalized spacial score (nSPS) is 9.64. The van der Waals surface area contributed by atoms with Gasteiger partial charge in [-0.15, -0.1) is 0 Å². The lowest BCUT2D eigenvalue weighted by molar-refractivity contribution is 0.270. The Morgan fingerprint density at radius 3 is 2.79 bits per heavy atom. The Labute approximate surface area is 88.9 Å². The number of anilines is 1. The number of hydrogen-bond donors (Lipinski definition) is 2. The van der Waals surface area contributed by atoms with Crippen LogP contribution in [0.5, 0.6) is 5.75 Å². The first-order valence-electron chi connectivity index (χ1n) is 4.37. The maximum absolute atomic E-state index is 10.7. The summed E-state index contributed by atoms with van der Waals surface area (Å²) >= 11 is 3.63. The van der Waals surface area contributed by atoms with Crippen LogP contribution < -0.4 is 10.1 Å². The lowest BCUT2D eigenvalue weighted by Crippen LogP contribution is -2.02. The molecule has 0 unspecified atom stereocenters. The van der Waals surface area contributed by atoms with Crippen molar-refractivity contribution in [2.24, 2.45) is 0 Å². The van der Waals surface area contributed by atoms with Crippen molar-refractivity contribution >= 4 is 23.6 Å². The third kappa shape index (κ3) is 2.96. The van der Waals surface area contributed by atoms with E-state index in [0.717, 1.165) is 17.0 Å². The predicted molar refractivity (Wildman–Crippen MR) is 60.4 cm³/mol. The van der Waals surface area contributed by atoms with Gasteiger partial charge < -0.3 is 10.1 Å². The second kappa shape index (κ2) is 4.91. The van der Waals surface area contributed by atoms with Crippen LogP contribution >= 0.6 is 12.6 Å². The molecule has 4 heteroatoms. The second-order valence-corrected chi connectivity index (χ2v) is 3.25. The van der Waals surface area contributed by atoms with Crippen LogP contribution in [0.4, 0.5) is 10.5 Å². The molecular formula is C10H13NO2S. The van der Waals surface area contributed by atoms with Crippen LogP contribution in [0.25, 0.3) is 0 Å². The smallest absolute Gasteiger partial charge is 0.280 e. The average molecular weight is 211 g/mol. The van der Waals surface area contributed by atoms with E-state index in [0.29, 0.717) is 6.61 Å². The molecule has 76 valence electrons. The summed E-state index contributed by atoms with van der Waals surface area (Å²) in [6, 6.07) is 5.46. The quantitative estimate of drug-likeness (QED) is 0.754. The zero-order chi connectivity index (χ0) is 10.6. The van der Waals surface area contributed by atoms with Gasteiger partial charge in [0.1, 0.15) is 5.75 Å². The molecule has 0 bridgehead atoms. The molecule has 0 saturated carbocycles. The van der Waals surface area contributed by atoms with Gasteiger partial charge in [-0.25, -0.2) is 0 Å². The Balaban J connectivity index is 2.83. The second-order valence-electron chi connectivity index (χ2n) is 2.84. The van der Waals surface area contributed by atoms with Crippen LogP contribution in [-0.2, 0) is 0 Å². The fraction of sp³-hybridized carbons (Fsp3) is 0.300. The number of amides is 1. The summed E-state index contributed by atoms with van der Waals surface area (Å²) in [5, 5.41) is 2.22. The Morgan fingerprint density at radius 1 is 1.57 bits per heavy atom. The van der Waals surface area contributed by atoms with E-state index in [4.69, 9.17) is 4.74 Å². The minimum Gasteiger partial charge on any atom is -0.494 e. The Morgan fingerprint density at radius 2 is 2.29 bits per heavy atom. The maximum atomic E-state index is 10.7. The van der Waals surface area contributed by atoms with Crippen molar-refractivity contribution < 1.29 is 9.53 Å². The number of carbonyl (C=O) groups is 1. The summed E-state index contributed by atoms with van der Waals surface area (Å²) in [5.41, 5.74) is 1.72. The van der Waals surface area contributed by atoms with Crippen LogP contribution in [0.3, 0.4) is 0 Å². The van der Waals surface area contributed by atoms with E-state index < -0.39 is 0 Å². The van der Waals surface area contributed by atoms with Gasteiger partial charge in [0.15, 0.2) is 0 Å². The van der Waals surface area contributed by atoms with Crippen molar-refractivity contribution in [3.63, 3.8) is 0 Å². The molecule has 0 aliphatic carbocycles. The molecule has 1 N–H and O–H groups in total. The number of carbonyl (C=O) groups excluding carboxylic acids is 1. The van der Waals surface area contributed by atoms with Crippen LogP contribution in [0.2, 0.25) is 0 Å². The molecule has 0 fully saturated rings. The number of aryl methyl sites for hydroxylation is 1. The minimum absolute atomic E-state index is 0.367. The van der Waals surface area contributed by atoms with Crippen molar-refractivity contribution in [2.45, 2.75) is 13.8 Å². The molecule has 0 heterocycles. The summed E-state index contributed by atoms with van der Waals surface area (Å²) in [5.74, 6) is 0.838. The third-order valence-electron chi connectivity index (χ3n) is 1.73.